The number of fused-ring (bicyclic) bond motifs is 2. The number of carbonyl (C=O) groups excluding carboxylic acids is 1. The first-order valence-electron chi connectivity index (χ1n) is 8.86. The van der Waals surface area contributed by atoms with Gasteiger partial charge in [-0.3, -0.25) is 9.69 Å². The Kier molecular flexibility index (Phi) is 4.27. The number of H-pyrrole nitrogens is 1. The van der Waals surface area contributed by atoms with Gasteiger partial charge >= 0.3 is 0 Å². The van der Waals surface area contributed by atoms with Crippen molar-refractivity contribution >= 4 is 44.6 Å². The summed E-state index contributed by atoms with van der Waals surface area (Å²) in [5, 5.41) is 8.87. The molecule has 0 unspecified atom stereocenters. The fourth-order valence-corrected chi connectivity index (χ4v) is 5.16. The van der Waals surface area contributed by atoms with Crippen molar-refractivity contribution in [3.05, 3.63) is 57.7 Å². The summed E-state index contributed by atoms with van der Waals surface area (Å²) in [6.45, 7) is 2.18. The molecule has 0 saturated carbocycles. The number of para-hydroxylation sites is 1. The van der Waals surface area contributed by atoms with Crippen molar-refractivity contribution < 1.29 is 4.79 Å². The zero-order valence-electron chi connectivity index (χ0n) is 14.6. The molecule has 1 aromatic carbocycles. The minimum absolute atomic E-state index is 0.00601. The lowest BCUT2D eigenvalue weighted by atomic mass is 10.1. The van der Waals surface area contributed by atoms with Gasteiger partial charge in [-0.15, -0.1) is 22.7 Å². The van der Waals surface area contributed by atoms with Crippen LogP contribution in [-0.4, -0.2) is 33.9 Å². The van der Waals surface area contributed by atoms with Gasteiger partial charge in [0.25, 0.3) is 0 Å². The van der Waals surface area contributed by atoms with E-state index in [-0.39, 0.29) is 5.91 Å². The maximum Gasteiger partial charge on any atom is 0.240 e. The van der Waals surface area contributed by atoms with Crippen LogP contribution in [0.1, 0.15) is 10.4 Å². The Morgan fingerprint density at radius 2 is 2.19 bits per heavy atom. The minimum Gasteiger partial charge on any atom is -0.360 e. The number of hydrogen-bond acceptors (Lipinski definition) is 5. The van der Waals surface area contributed by atoms with Crippen LogP contribution in [-0.2, 0) is 17.8 Å². The monoisotopic (exact) mass is 394 g/mol. The second-order valence-electron chi connectivity index (χ2n) is 6.66. The largest absolute Gasteiger partial charge is 0.360 e. The highest BCUT2D eigenvalue weighted by Crippen LogP contribution is 2.31. The SMILES string of the molecule is O=C(CN1CCc2sccc2C1)Nc1nc(-c2c[nH]c3ccccc23)cs1. The minimum atomic E-state index is -0.00601. The van der Waals surface area contributed by atoms with Crippen molar-refractivity contribution in [3.8, 4) is 11.3 Å². The third-order valence-corrected chi connectivity index (χ3v) is 6.65. The molecule has 0 atom stereocenters. The molecular weight excluding hydrogens is 376 g/mol. The average Bonchev–Trinajstić information content (AvgIpc) is 3.40. The number of thiophene rings is 1. The second-order valence-corrected chi connectivity index (χ2v) is 8.52. The molecule has 0 spiro atoms. The van der Waals surface area contributed by atoms with Crippen LogP contribution in [0.2, 0.25) is 0 Å². The van der Waals surface area contributed by atoms with E-state index < -0.39 is 0 Å². The molecule has 1 amide bonds. The third kappa shape index (κ3) is 3.29. The first kappa shape index (κ1) is 16.7. The number of hydrogen-bond donors (Lipinski definition) is 2. The summed E-state index contributed by atoms with van der Waals surface area (Å²) in [6.07, 6.45) is 3.00. The van der Waals surface area contributed by atoms with Gasteiger partial charge in [-0.1, -0.05) is 18.2 Å². The number of thiazole rings is 1. The zero-order valence-corrected chi connectivity index (χ0v) is 16.2. The first-order chi connectivity index (χ1) is 13.3. The fourth-order valence-electron chi connectivity index (χ4n) is 3.54. The molecule has 0 radical (unpaired) electrons. The smallest absolute Gasteiger partial charge is 0.240 e. The predicted octanol–water partition coefficient (Wildman–Crippen LogP) is 4.35. The van der Waals surface area contributed by atoms with Crippen LogP contribution in [0.5, 0.6) is 0 Å². The molecule has 5 rings (SSSR count). The van der Waals surface area contributed by atoms with Crippen LogP contribution in [0.25, 0.3) is 22.2 Å². The Bertz CT molecular complexity index is 1110. The van der Waals surface area contributed by atoms with Crippen LogP contribution in [0.15, 0.2) is 47.3 Å². The van der Waals surface area contributed by atoms with Crippen LogP contribution in [0, 0.1) is 0 Å². The molecule has 27 heavy (non-hydrogen) atoms. The number of benzene rings is 1. The normalized spacial score (nSPS) is 14.4. The van der Waals surface area contributed by atoms with E-state index in [0.717, 1.165) is 41.7 Å². The average molecular weight is 395 g/mol. The van der Waals surface area contributed by atoms with E-state index in [0.29, 0.717) is 11.7 Å². The molecule has 7 heteroatoms. The first-order valence-corrected chi connectivity index (χ1v) is 10.6. The highest BCUT2D eigenvalue weighted by molar-refractivity contribution is 7.14. The molecular formula is C20H18N4OS2. The van der Waals surface area contributed by atoms with Crippen molar-refractivity contribution in [1.29, 1.82) is 0 Å². The predicted molar refractivity (Wildman–Crippen MR) is 111 cm³/mol. The van der Waals surface area contributed by atoms with Crippen molar-refractivity contribution in [2.45, 2.75) is 13.0 Å². The van der Waals surface area contributed by atoms with E-state index in [9.17, 15) is 4.79 Å². The summed E-state index contributed by atoms with van der Waals surface area (Å²) in [5.74, 6) is -0.00601. The molecule has 1 aliphatic heterocycles. The summed E-state index contributed by atoms with van der Waals surface area (Å²) in [6, 6.07) is 10.3. The quantitative estimate of drug-likeness (QED) is 0.541. The van der Waals surface area contributed by atoms with E-state index in [1.165, 1.54) is 21.8 Å². The Morgan fingerprint density at radius 1 is 1.26 bits per heavy atom. The Labute approximate surface area is 164 Å². The molecule has 0 aliphatic carbocycles. The van der Waals surface area contributed by atoms with Crippen LogP contribution in [0.3, 0.4) is 0 Å². The molecule has 1 aliphatic rings. The number of aromatic nitrogens is 2. The highest BCUT2D eigenvalue weighted by atomic mass is 32.1. The number of nitrogens with zero attached hydrogens (tertiary/aromatic N) is 2. The van der Waals surface area contributed by atoms with Crippen molar-refractivity contribution in [2.24, 2.45) is 0 Å². The Hall–Kier alpha value is -2.48. The molecule has 0 bridgehead atoms. The molecule has 0 fully saturated rings. The second kappa shape index (κ2) is 6.92. The number of rotatable bonds is 4. The van der Waals surface area contributed by atoms with Gasteiger partial charge in [-0.25, -0.2) is 4.98 Å². The lowest BCUT2D eigenvalue weighted by molar-refractivity contribution is -0.117. The van der Waals surface area contributed by atoms with Crippen molar-refractivity contribution in [2.75, 3.05) is 18.4 Å². The van der Waals surface area contributed by atoms with Crippen LogP contribution >= 0.6 is 22.7 Å². The molecule has 2 N–H and O–H groups in total. The molecule has 0 saturated heterocycles. The van der Waals surface area contributed by atoms with E-state index in [1.54, 1.807) is 0 Å². The zero-order chi connectivity index (χ0) is 18.2. The number of anilines is 1. The van der Waals surface area contributed by atoms with E-state index in [4.69, 9.17) is 0 Å². The topological polar surface area (TPSA) is 61.0 Å². The summed E-state index contributed by atoms with van der Waals surface area (Å²) in [5.41, 5.74) is 4.39. The molecule has 3 aromatic heterocycles. The van der Waals surface area contributed by atoms with Crippen LogP contribution < -0.4 is 5.32 Å². The van der Waals surface area contributed by atoms with Crippen molar-refractivity contribution in [3.63, 3.8) is 0 Å². The molecule has 4 aromatic rings. The Morgan fingerprint density at radius 3 is 3.15 bits per heavy atom. The van der Waals surface area contributed by atoms with Gasteiger partial charge in [-0.05, 0) is 29.5 Å². The number of carbonyl (C=O) groups is 1. The van der Waals surface area contributed by atoms with E-state index in [1.807, 2.05) is 41.1 Å². The molecule has 136 valence electrons. The van der Waals surface area contributed by atoms with Crippen molar-refractivity contribution in [1.82, 2.24) is 14.9 Å². The van der Waals surface area contributed by atoms with Gasteiger partial charge < -0.3 is 10.3 Å². The summed E-state index contributed by atoms with van der Waals surface area (Å²) in [4.78, 5) is 24.0. The highest BCUT2D eigenvalue weighted by Gasteiger charge is 2.20. The summed E-state index contributed by atoms with van der Waals surface area (Å²) in [7, 11) is 0. The van der Waals surface area contributed by atoms with Gasteiger partial charge in [0.1, 0.15) is 0 Å². The molecule has 5 nitrogen and oxygen atoms in total. The summed E-state index contributed by atoms with van der Waals surface area (Å²) >= 11 is 3.28. The number of nitrogens with one attached hydrogen (secondary N) is 2. The maximum absolute atomic E-state index is 12.4. The lowest BCUT2D eigenvalue weighted by Gasteiger charge is -2.25. The number of aromatic amines is 1. The summed E-state index contributed by atoms with van der Waals surface area (Å²) < 4.78 is 0. The standard InChI is InChI=1S/C20H18N4OS2/c25-19(11-24-7-5-18-13(10-24)6-8-26-18)23-20-22-17(12-27-20)15-9-21-16-4-2-1-3-14(15)16/h1-4,6,8-9,12,21H,5,7,10-11H2,(H,22,23,25). The third-order valence-electron chi connectivity index (χ3n) is 4.87. The van der Waals surface area contributed by atoms with Gasteiger partial charge in [0.05, 0.1) is 12.2 Å². The molecule has 4 heterocycles. The lowest BCUT2D eigenvalue weighted by Crippen LogP contribution is -2.36. The van der Waals surface area contributed by atoms with E-state index >= 15 is 0 Å². The number of amides is 1. The van der Waals surface area contributed by atoms with Crippen LogP contribution in [0.4, 0.5) is 5.13 Å². The van der Waals surface area contributed by atoms with Gasteiger partial charge in [0.2, 0.25) is 5.91 Å². The van der Waals surface area contributed by atoms with Gasteiger partial charge in [0.15, 0.2) is 5.13 Å². The maximum atomic E-state index is 12.4. The van der Waals surface area contributed by atoms with E-state index in [2.05, 4.69) is 37.7 Å². The fraction of sp³-hybridized carbons (Fsp3) is 0.200. The van der Waals surface area contributed by atoms with Gasteiger partial charge in [-0.2, -0.15) is 0 Å². The van der Waals surface area contributed by atoms with Gasteiger partial charge in [0, 0.05) is 46.0 Å². The Balaban J connectivity index is 1.26.